The maximum absolute atomic E-state index is 2.50. The van der Waals surface area contributed by atoms with E-state index in [4.69, 9.17) is 0 Å². The first kappa shape index (κ1) is 42.1. The Morgan fingerprint density at radius 2 is 0.694 bits per heavy atom. The Morgan fingerprint density at radius 1 is 0.222 bits per heavy atom. The summed E-state index contributed by atoms with van der Waals surface area (Å²) in [6.45, 7) is 0. The molecule has 0 fully saturated rings. The van der Waals surface area contributed by atoms with Crippen molar-refractivity contribution in [2.75, 3.05) is 9.80 Å². The summed E-state index contributed by atoms with van der Waals surface area (Å²) in [5, 5.41) is 10.0. The zero-order valence-electron chi connectivity index (χ0n) is 39.1. The van der Waals surface area contributed by atoms with Crippen LogP contribution in [0.3, 0.4) is 0 Å². The molecule has 0 saturated carbocycles. The van der Waals surface area contributed by atoms with Crippen molar-refractivity contribution in [2.45, 2.75) is 0 Å². The number of hydrogen-bond acceptors (Lipinski definition) is 4. The summed E-state index contributed by atoms with van der Waals surface area (Å²) in [6.07, 6.45) is 0. The first-order valence-corrected chi connectivity index (χ1v) is 26.1. The van der Waals surface area contributed by atoms with Crippen LogP contribution in [0.4, 0.5) is 34.1 Å². The third-order valence-electron chi connectivity index (χ3n) is 14.3. The van der Waals surface area contributed by atoms with Crippen molar-refractivity contribution in [1.29, 1.82) is 0 Å². The highest BCUT2D eigenvalue weighted by atomic mass is 32.1. The average Bonchev–Trinajstić information content (AvgIpc) is 4.02. The fraction of sp³-hybridized carbons (Fsp3) is 0. The van der Waals surface area contributed by atoms with Gasteiger partial charge in [0, 0.05) is 73.6 Å². The molecule has 14 aromatic rings. The summed E-state index contributed by atoms with van der Waals surface area (Å²) in [5.74, 6) is 0. The average molecular weight is 953 g/mol. The van der Waals surface area contributed by atoms with E-state index in [9.17, 15) is 0 Å². The van der Waals surface area contributed by atoms with Crippen molar-refractivity contribution < 1.29 is 0 Å². The van der Waals surface area contributed by atoms with Crippen molar-refractivity contribution in [3.05, 3.63) is 267 Å². The zero-order valence-corrected chi connectivity index (χ0v) is 40.7. The summed E-state index contributed by atoms with van der Waals surface area (Å²) in [6, 6.07) is 98.1. The second-order valence-electron chi connectivity index (χ2n) is 18.4. The number of nitrogens with zero attached hydrogens (tertiary/aromatic N) is 2. The summed E-state index contributed by atoms with van der Waals surface area (Å²) in [4.78, 5) is 5.01. The quantitative estimate of drug-likeness (QED) is 0.142. The van der Waals surface area contributed by atoms with Gasteiger partial charge in [0.15, 0.2) is 0 Å². The number of fused-ring (bicyclic) bond motifs is 9. The summed E-state index contributed by atoms with van der Waals surface area (Å²) in [5.41, 5.74) is 13.7. The second kappa shape index (κ2) is 17.6. The number of para-hydroxylation sites is 2. The maximum Gasteiger partial charge on any atom is 0.0554 e. The van der Waals surface area contributed by atoms with Gasteiger partial charge in [0.05, 0.1) is 22.7 Å². The van der Waals surface area contributed by atoms with Gasteiger partial charge in [0.1, 0.15) is 0 Å². The standard InChI is InChI=1S/C68H44N2S2/c1-3-19-45(20-4-1)46-35-37-48(38-36-46)69(63-44-67-68(58-29-10-9-27-55(58)63)59-30-14-18-34-65(59)72-67)60-31-15-11-25-53(60)54-26-12-16-32-61(54)70(49-39-40-57-56-28-13-17-33-64(56)71-66(57)43-49)62-42-41-50(47-21-5-2-6-22-47)51-23-7-8-24-52(51)62/h1-44H. The molecule has 72 heavy (non-hydrogen) atoms. The first-order valence-electron chi connectivity index (χ1n) is 24.5. The Hall–Kier alpha value is -8.80. The van der Waals surface area contributed by atoms with Gasteiger partial charge in [-0.2, -0.15) is 0 Å². The lowest BCUT2D eigenvalue weighted by Crippen LogP contribution is -2.14. The Kier molecular flexibility index (Phi) is 10.3. The van der Waals surface area contributed by atoms with Gasteiger partial charge < -0.3 is 9.80 Å². The van der Waals surface area contributed by atoms with Crippen molar-refractivity contribution in [3.8, 4) is 33.4 Å². The molecule has 0 saturated heterocycles. The fourth-order valence-corrected chi connectivity index (χ4v) is 13.3. The second-order valence-corrected chi connectivity index (χ2v) is 20.5. The molecule has 2 heterocycles. The molecule has 0 bridgehead atoms. The monoisotopic (exact) mass is 952 g/mol. The van der Waals surface area contributed by atoms with E-state index in [1.165, 1.54) is 84.1 Å². The molecule has 2 nitrogen and oxygen atoms in total. The molecule has 0 aliphatic carbocycles. The van der Waals surface area contributed by atoms with Gasteiger partial charge in [-0.1, -0.05) is 206 Å². The van der Waals surface area contributed by atoms with Crippen LogP contribution in [0, 0.1) is 0 Å². The van der Waals surface area contributed by atoms with Gasteiger partial charge in [-0.15, -0.1) is 22.7 Å². The van der Waals surface area contributed by atoms with Crippen LogP contribution in [0.5, 0.6) is 0 Å². The molecule has 12 aromatic carbocycles. The van der Waals surface area contributed by atoms with E-state index in [1.54, 1.807) is 0 Å². The molecule has 0 atom stereocenters. The van der Waals surface area contributed by atoms with Crippen LogP contribution in [-0.4, -0.2) is 0 Å². The van der Waals surface area contributed by atoms with E-state index in [1.807, 2.05) is 22.7 Å². The van der Waals surface area contributed by atoms with E-state index < -0.39 is 0 Å². The van der Waals surface area contributed by atoms with Gasteiger partial charge in [-0.3, -0.25) is 0 Å². The first-order chi connectivity index (χ1) is 35.7. The van der Waals surface area contributed by atoms with Crippen LogP contribution in [-0.2, 0) is 0 Å². The summed E-state index contributed by atoms with van der Waals surface area (Å²) < 4.78 is 5.11. The zero-order chi connectivity index (χ0) is 47.5. The predicted octanol–water partition coefficient (Wildman–Crippen LogP) is 20.7. The highest BCUT2D eigenvalue weighted by Gasteiger charge is 2.26. The summed E-state index contributed by atoms with van der Waals surface area (Å²) in [7, 11) is 0. The topological polar surface area (TPSA) is 6.48 Å². The van der Waals surface area contributed by atoms with Crippen LogP contribution in [0.15, 0.2) is 267 Å². The van der Waals surface area contributed by atoms with Crippen molar-refractivity contribution in [2.24, 2.45) is 0 Å². The number of benzene rings is 12. The molecular weight excluding hydrogens is 909 g/mol. The molecule has 2 aromatic heterocycles. The van der Waals surface area contributed by atoms with Gasteiger partial charge in [-0.05, 0) is 93.7 Å². The minimum absolute atomic E-state index is 1.08. The molecule has 0 amide bonds. The highest BCUT2D eigenvalue weighted by Crippen LogP contribution is 2.52. The van der Waals surface area contributed by atoms with Crippen molar-refractivity contribution in [3.63, 3.8) is 0 Å². The minimum Gasteiger partial charge on any atom is -0.309 e. The van der Waals surface area contributed by atoms with Crippen LogP contribution < -0.4 is 9.80 Å². The van der Waals surface area contributed by atoms with Crippen LogP contribution in [0.25, 0.3) is 95.3 Å². The third kappa shape index (κ3) is 7.06. The van der Waals surface area contributed by atoms with E-state index in [2.05, 4.69) is 277 Å². The maximum atomic E-state index is 2.50. The number of anilines is 6. The van der Waals surface area contributed by atoms with Crippen LogP contribution >= 0.6 is 22.7 Å². The molecule has 0 N–H and O–H groups in total. The predicted molar refractivity (Wildman–Crippen MR) is 313 cm³/mol. The molecule has 4 heteroatoms. The van der Waals surface area contributed by atoms with Crippen molar-refractivity contribution >= 4 is 119 Å². The highest BCUT2D eigenvalue weighted by molar-refractivity contribution is 7.26. The lowest BCUT2D eigenvalue weighted by Gasteiger charge is -2.32. The molecule has 0 aliphatic rings. The molecule has 0 spiro atoms. The molecule has 338 valence electrons. The molecular formula is C68H44N2S2. The number of rotatable bonds is 9. The van der Waals surface area contributed by atoms with E-state index in [0.717, 1.165) is 45.3 Å². The molecule has 14 rings (SSSR count). The summed E-state index contributed by atoms with van der Waals surface area (Å²) >= 11 is 3.73. The van der Waals surface area contributed by atoms with Crippen molar-refractivity contribution in [1.82, 2.24) is 0 Å². The van der Waals surface area contributed by atoms with E-state index in [0.29, 0.717) is 0 Å². The molecule has 0 aliphatic heterocycles. The van der Waals surface area contributed by atoms with Gasteiger partial charge in [0.25, 0.3) is 0 Å². The van der Waals surface area contributed by atoms with Crippen LogP contribution in [0.2, 0.25) is 0 Å². The SMILES string of the molecule is c1ccc(-c2ccc(N(c3ccccc3-c3ccccc3N(c3ccc4c(c3)sc3ccccc34)c3ccc(-c4ccccc4)c4ccccc34)c3cc4sc5ccccc5c4c4ccccc34)cc2)cc1. The number of hydrogen-bond donors (Lipinski definition) is 0. The minimum atomic E-state index is 1.08. The molecule has 0 unspecified atom stereocenters. The Bertz CT molecular complexity index is 4300. The Balaban J connectivity index is 1.02. The molecule has 0 radical (unpaired) electrons. The lowest BCUT2D eigenvalue weighted by atomic mass is 9.95. The van der Waals surface area contributed by atoms with Gasteiger partial charge >= 0.3 is 0 Å². The normalized spacial score (nSPS) is 11.6. The van der Waals surface area contributed by atoms with Gasteiger partial charge in [-0.25, -0.2) is 0 Å². The Labute approximate surface area is 426 Å². The van der Waals surface area contributed by atoms with Gasteiger partial charge in [0.2, 0.25) is 0 Å². The Morgan fingerprint density at radius 3 is 1.39 bits per heavy atom. The van der Waals surface area contributed by atoms with E-state index in [-0.39, 0.29) is 0 Å². The fourth-order valence-electron chi connectivity index (χ4n) is 11.0. The van der Waals surface area contributed by atoms with Crippen LogP contribution in [0.1, 0.15) is 0 Å². The third-order valence-corrected chi connectivity index (χ3v) is 16.5. The largest absolute Gasteiger partial charge is 0.309 e. The smallest absolute Gasteiger partial charge is 0.0554 e. The lowest BCUT2D eigenvalue weighted by molar-refractivity contribution is 1.28. The number of thiophene rings is 2. The van der Waals surface area contributed by atoms with E-state index >= 15 is 0 Å².